The van der Waals surface area contributed by atoms with Gasteiger partial charge in [-0.15, -0.1) is 0 Å². The van der Waals surface area contributed by atoms with E-state index in [2.05, 4.69) is 5.32 Å². The summed E-state index contributed by atoms with van der Waals surface area (Å²) in [6, 6.07) is 18.7. The van der Waals surface area contributed by atoms with Crippen molar-refractivity contribution in [1.82, 2.24) is 4.57 Å². The number of aromatic nitrogens is 1. The third-order valence-electron chi connectivity index (χ3n) is 4.61. The molecular formula is C22H22N2O2. The number of hydrogen-bond acceptors (Lipinski definition) is 2. The molecule has 0 unspecified atom stereocenters. The van der Waals surface area contributed by atoms with E-state index in [4.69, 9.17) is 0 Å². The van der Waals surface area contributed by atoms with Gasteiger partial charge >= 0.3 is 0 Å². The van der Waals surface area contributed by atoms with Crippen LogP contribution in [0.1, 0.15) is 34.1 Å². The fourth-order valence-electron chi connectivity index (χ4n) is 3.02. The van der Waals surface area contributed by atoms with Gasteiger partial charge in [0.25, 0.3) is 11.5 Å². The van der Waals surface area contributed by atoms with Gasteiger partial charge in [0.05, 0.1) is 0 Å². The van der Waals surface area contributed by atoms with Crippen LogP contribution < -0.4 is 10.9 Å². The summed E-state index contributed by atoms with van der Waals surface area (Å²) in [5, 5.41) is 2.89. The number of hydrogen-bond donors (Lipinski definition) is 1. The number of aryl methyl sites for hydroxylation is 2. The molecule has 4 heteroatoms. The number of benzene rings is 2. The molecule has 26 heavy (non-hydrogen) atoms. The van der Waals surface area contributed by atoms with Crippen molar-refractivity contribution in [3.63, 3.8) is 0 Å². The quantitative estimate of drug-likeness (QED) is 0.767. The van der Waals surface area contributed by atoms with Crippen molar-refractivity contribution in [2.45, 2.75) is 27.2 Å². The molecule has 3 rings (SSSR count). The molecule has 0 aliphatic rings. The lowest BCUT2D eigenvalue weighted by molar-refractivity contribution is 0.102. The van der Waals surface area contributed by atoms with Crippen molar-refractivity contribution in [1.29, 1.82) is 0 Å². The highest BCUT2D eigenvalue weighted by atomic mass is 16.2. The van der Waals surface area contributed by atoms with Crippen LogP contribution in [0.25, 0.3) is 5.69 Å². The summed E-state index contributed by atoms with van der Waals surface area (Å²) in [5.74, 6) is -0.385. The van der Waals surface area contributed by atoms with Crippen LogP contribution in [0, 0.1) is 13.8 Å². The molecular weight excluding hydrogens is 324 g/mol. The van der Waals surface area contributed by atoms with Crippen LogP contribution in [0.4, 0.5) is 5.69 Å². The molecule has 1 heterocycles. The van der Waals surface area contributed by atoms with Crippen molar-refractivity contribution in [2.24, 2.45) is 0 Å². The minimum Gasteiger partial charge on any atom is -0.322 e. The van der Waals surface area contributed by atoms with E-state index in [1.807, 2.05) is 75.4 Å². The molecule has 0 spiro atoms. The fourth-order valence-corrected chi connectivity index (χ4v) is 3.02. The summed E-state index contributed by atoms with van der Waals surface area (Å²) in [4.78, 5) is 25.9. The maximum absolute atomic E-state index is 13.0. The Morgan fingerprint density at radius 2 is 1.65 bits per heavy atom. The lowest BCUT2D eigenvalue weighted by Crippen LogP contribution is -2.30. The second-order valence-corrected chi connectivity index (χ2v) is 6.27. The van der Waals surface area contributed by atoms with Crippen LogP contribution in [0.15, 0.2) is 65.5 Å². The zero-order valence-electron chi connectivity index (χ0n) is 15.2. The van der Waals surface area contributed by atoms with Crippen LogP contribution in [0.2, 0.25) is 0 Å². The molecule has 0 aliphatic heterocycles. The molecule has 0 saturated heterocycles. The lowest BCUT2D eigenvalue weighted by atomic mass is 10.1. The molecule has 1 N–H and O–H groups in total. The van der Waals surface area contributed by atoms with Gasteiger partial charge in [-0.1, -0.05) is 43.3 Å². The van der Waals surface area contributed by atoms with Crippen molar-refractivity contribution in [2.75, 3.05) is 5.32 Å². The number of carbonyl (C=O) groups is 1. The normalized spacial score (nSPS) is 10.6. The first kappa shape index (κ1) is 17.7. The summed E-state index contributed by atoms with van der Waals surface area (Å²) in [6.45, 7) is 5.83. The van der Waals surface area contributed by atoms with Gasteiger partial charge in [-0.2, -0.15) is 0 Å². The standard InChI is InChI=1S/C22H22N2O2/c1-4-17-10-8-9-13-20(17)23-21(25)19-14-15(2)16(3)24(22(19)26)18-11-6-5-7-12-18/h5-14H,4H2,1-3H3,(H,23,25). The average Bonchev–Trinajstić information content (AvgIpc) is 2.66. The van der Waals surface area contributed by atoms with Crippen molar-refractivity contribution < 1.29 is 4.79 Å². The Bertz CT molecular complexity index is 1000. The van der Waals surface area contributed by atoms with Gasteiger partial charge in [0.15, 0.2) is 0 Å². The van der Waals surface area contributed by atoms with E-state index < -0.39 is 0 Å². The summed E-state index contributed by atoms with van der Waals surface area (Å²) < 4.78 is 1.59. The molecule has 4 nitrogen and oxygen atoms in total. The van der Waals surface area contributed by atoms with E-state index in [-0.39, 0.29) is 17.0 Å². The largest absolute Gasteiger partial charge is 0.322 e. The average molecular weight is 346 g/mol. The minimum atomic E-state index is -0.385. The van der Waals surface area contributed by atoms with E-state index in [0.717, 1.165) is 34.6 Å². The molecule has 2 aromatic carbocycles. The van der Waals surface area contributed by atoms with Crippen molar-refractivity contribution in [3.05, 3.63) is 93.4 Å². The summed E-state index contributed by atoms with van der Waals surface area (Å²) >= 11 is 0. The molecule has 0 bridgehead atoms. The Hall–Kier alpha value is -3.14. The predicted octanol–water partition coefficient (Wildman–Crippen LogP) is 4.27. The van der Waals surface area contributed by atoms with E-state index in [0.29, 0.717) is 0 Å². The second kappa shape index (κ2) is 7.40. The first-order valence-electron chi connectivity index (χ1n) is 8.71. The number of amides is 1. The molecule has 3 aromatic rings. The maximum Gasteiger partial charge on any atom is 0.268 e. The third kappa shape index (κ3) is 3.31. The molecule has 0 aliphatic carbocycles. The van der Waals surface area contributed by atoms with E-state index in [9.17, 15) is 9.59 Å². The van der Waals surface area contributed by atoms with E-state index in [1.165, 1.54) is 0 Å². The monoisotopic (exact) mass is 346 g/mol. The van der Waals surface area contributed by atoms with Gasteiger partial charge in [0.2, 0.25) is 0 Å². The number of nitrogens with zero attached hydrogens (tertiary/aromatic N) is 1. The minimum absolute atomic E-state index is 0.142. The molecule has 0 fully saturated rings. The number of pyridine rings is 1. The fraction of sp³-hybridized carbons (Fsp3) is 0.182. The van der Waals surface area contributed by atoms with Crippen LogP contribution in [-0.4, -0.2) is 10.5 Å². The molecule has 1 aromatic heterocycles. The molecule has 0 saturated carbocycles. The zero-order valence-corrected chi connectivity index (χ0v) is 15.2. The van der Waals surface area contributed by atoms with Gasteiger partial charge < -0.3 is 5.32 Å². The molecule has 132 valence electrons. The number of nitrogens with one attached hydrogen (secondary N) is 1. The van der Waals surface area contributed by atoms with Gasteiger partial charge in [-0.25, -0.2) is 0 Å². The number of rotatable bonds is 4. The second-order valence-electron chi connectivity index (χ2n) is 6.27. The predicted molar refractivity (Wildman–Crippen MR) is 105 cm³/mol. The lowest BCUT2D eigenvalue weighted by Gasteiger charge is -2.15. The molecule has 0 atom stereocenters. The number of para-hydroxylation sites is 2. The van der Waals surface area contributed by atoms with Crippen LogP contribution >= 0.6 is 0 Å². The summed E-state index contributed by atoms with van der Waals surface area (Å²) in [6.07, 6.45) is 0.803. The highest BCUT2D eigenvalue weighted by Gasteiger charge is 2.17. The Labute approximate surface area is 153 Å². The van der Waals surface area contributed by atoms with Gasteiger partial charge in [-0.05, 0) is 55.7 Å². The van der Waals surface area contributed by atoms with Crippen LogP contribution in [-0.2, 0) is 6.42 Å². The summed E-state index contributed by atoms with van der Waals surface area (Å²) in [7, 11) is 0. The Kier molecular flexibility index (Phi) is 5.03. The maximum atomic E-state index is 13.0. The SMILES string of the molecule is CCc1ccccc1NC(=O)c1cc(C)c(C)n(-c2ccccc2)c1=O. The zero-order chi connectivity index (χ0) is 18.7. The van der Waals surface area contributed by atoms with Gasteiger partial charge in [0.1, 0.15) is 5.56 Å². The van der Waals surface area contributed by atoms with Gasteiger partial charge in [0, 0.05) is 17.1 Å². The highest BCUT2D eigenvalue weighted by Crippen LogP contribution is 2.18. The smallest absolute Gasteiger partial charge is 0.268 e. The third-order valence-corrected chi connectivity index (χ3v) is 4.61. The number of carbonyl (C=O) groups excluding carboxylic acids is 1. The first-order chi connectivity index (χ1) is 12.5. The van der Waals surface area contributed by atoms with Gasteiger partial charge in [-0.3, -0.25) is 14.2 Å². The highest BCUT2D eigenvalue weighted by molar-refractivity contribution is 6.04. The topological polar surface area (TPSA) is 51.1 Å². The van der Waals surface area contributed by atoms with Crippen molar-refractivity contribution >= 4 is 11.6 Å². The van der Waals surface area contributed by atoms with Crippen molar-refractivity contribution in [3.8, 4) is 5.69 Å². The van der Waals surface area contributed by atoms with E-state index >= 15 is 0 Å². The molecule has 0 radical (unpaired) electrons. The van der Waals surface area contributed by atoms with Crippen LogP contribution in [0.3, 0.4) is 0 Å². The first-order valence-corrected chi connectivity index (χ1v) is 8.71. The molecule has 1 amide bonds. The van der Waals surface area contributed by atoms with E-state index in [1.54, 1.807) is 10.6 Å². The van der Waals surface area contributed by atoms with Crippen LogP contribution in [0.5, 0.6) is 0 Å². The number of anilines is 1. The Balaban J connectivity index is 2.07. The summed E-state index contributed by atoms with van der Waals surface area (Å²) in [5.41, 5.74) is 4.07. The Morgan fingerprint density at radius 1 is 1.00 bits per heavy atom. The Morgan fingerprint density at radius 3 is 2.35 bits per heavy atom.